The molecule has 1 N–H and O–H groups in total. The lowest BCUT2D eigenvalue weighted by Crippen LogP contribution is -2.48. The van der Waals surface area contributed by atoms with Gasteiger partial charge in [0.2, 0.25) is 5.91 Å². The number of piperazine rings is 1. The Hall–Kier alpha value is -2.43. The molecule has 2 aromatic rings. The molecule has 4 heteroatoms. The highest BCUT2D eigenvalue weighted by Gasteiger charge is 2.20. The zero-order valence-electron chi connectivity index (χ0n) is 19.5. The number of nitrogens with zero attached hydrogens (tertiary/aromatic N) is 2. The fourth-order valence-electron chi connectivity index (χ4n) is 4.11. The summed E-state index contributed by atoms with van der Waals surface area (Å²) in [6, 6.07) is 16.8. The van der Waals surface area contributed by atoms with Crippen molar-refractivity contribution in [1.82, 2.24) is 9.80 Å². The predicted octanol–water partition coefficient (Wildman–Crippen LogP) is 5.20. The van der Waals surface area contributed by atoms with Crippen LogP contribution in [0.2, 0.25) is 0 Å². The van der Waals surface area contributed by atoms with Gasteiger partial charge in [-0.3, -0.25) is 14.6 Å². The molecule has 0 unspecified atom stereocenters. The second-order valence-electron chi connectivity index (χ2n) is 9.06. The first-order valence-electron chi connectivity index (χ1n) is 11.5. The Kier molecular flexibility index (Phi) is 8.44. The molecule has 0 spiro atoms. The summed E-state index contributed by atoms with van der Waals surface area (Å²) < 4.78 is 0. The van der Waals surface area contributed by atoms with E-state index in [4.69, 9.17) is 0 Å². The minimum atomic E-state index is 0.0902. The van der Waals surface area contributed by atoms with Crippen molar-refractivity contribution < 1.29 is 4.79 Å². The summed E-state index contributed by atoms with van der Waals surface area (Å²) in [6.45, 7) is 14.0. The lowest BCUT2D eigenvalue weighted by molar-refractivity contribution is -0.117. The van der Waals surface area contributed by atoms with Crippen molar-refractivity contribution in [2.75, 3.05) is 44.6 Å². The van der Waals surface area contributed by atoms with Crippen LogP contribution in [0, 0.1) is 0 Å². The van der Waals surface area contributed by atoms with E-state index >= 15 is 0 Å². The van der Waals surface area contributed by atoms with Crippen molar-refractivity contribution in [3.63, 3.8) is 0 Å². The normalized spacial score (nSPS) is 15.8. The molecule has 1 saturated heterocycles. The van der Waals surface area contributed by atoms with E-state index in [0.717, 1.165) is 38.4 Å². The number of amides is 1. The van der Waals surface area contributed by atoms with Crippen LogP contribution >= 0.6 is 0 Å². The SMILES string of the molecule is CC(C)c1cccc(C(C)C)c1NC(=O)CN1CCN(C/C=C/c2ccccc2)CC1. The molecule has 2 aromatic carbocycles. The van der Waals surface area contributed by atoms with Crippen molar-refractivity contribution in [2.45, 2.75) is 39.5 Å². The van der Waals surface area contributed by atoms with Gasteiger partial charge >= 0.3 is 0 Å². The smallest absolute Gasteiger partial charge is 0.238 e. The molecule has 1 amide bonds. The van der Waals surface area contributed by atoms with Crippen LogP contribution in [0.25, 0.3) is 6.08 Å². The molecular formula is C27H37N3O. The average Bonchev–Trinajstić information content (AvgIpc) is 2.75. The van der Waals surface area contributed by atoms with E-state index in [1.54, 1.807) is 0 Å². The van der Waals surface area contributed by atoms with E-state index < -0.39 is 0 Å². The minimum Gasteiger partial charge on any atom is -0.324 e. The van der Waals surface area contributed by atoms with Gasteiger partial charge in [-0.25, -0.2) is 0 Å². The summed E-state index contributed by atoms with van der Waals surface area (Å²) in [5.41, 5.74) is 4.69. The van der Waals surface area contributed by atoms with Crippen molar-refractivity contribution in [3.8, 4) is 0 Å². The maximum Gasteiger partial charge on any atom is 0.238 e. The van der Waals surface area contributed by atoms with Crippen LogP contribution in [0.3, 0.4) is 0 Å². The van der Waals surface area contributed by atoms with Gasteiger partial charge in [-0.1, -0.05) is 88.4 Å². The largest absolute Gasteiger partial charge is 0.324 e. The van der Waals surface area contributed by atoms with Crippen LogP contribution in [0.4, 0.5) is 5.69 Å². The molecular weight excluding hydrogens is 382 g/mol. The van der Waals surface area contributed by atoms with Crippen LogP contribution in [0.15, 0.2) is 54.6 Å². The van der Waals surface area contributed by atoms with E-state index in [1.165, 1.54) is 16.7 Å². The third kappa shape index (κ3) is 6.78. The second-order valence-corrected chi connectivity index (χ2v) is 9.06. The number of rotatable bonds is 8. The molecule has 0 atom stereocenters. The van der Waals surface area contributed by atoms with Gasteiger partial charge in [0.25, 0.3) is 0 Å². The maximum atomic E-state index is 12.9. The molecule has 3 rings (SSSR count). The van der Waals surface area contributed by atoms with Gasteiger partial charge in [-0.2, -0.15) is 0 Å². The van der Waals surface area contributed by atoms with E-state index in [0.29, 0.717) is 18.4 Å². The first-order chi connectivity index (χ1) is 14.9. The van der Waals surface area contributed by atoms with Crippen LogP contribution in [0.1, 0.15) is 56.2 Å². The first kappa shape index (κ1) is 23.2. The Bertz CT molecular complexity index is 839. The molecule has 0 saturated carbocycles. The van der Waals surface area contributed by atoms with Crippen molar-refractivity contribution in [1.29, 1.82) is 0 Å². The molecule has 0 radical (unpaired) electrons. The predicted molar refractivity (Wildman–Crippen MR) is 132 cm³/mol. The Labute approximate surface area is 187 Å². The zero-order valence-corrected chi connectivity index (χ0v) is 19.5. The number of hydrogen-bond acceptors (Lipinski definition) is 3. The Morgan fingerprint density at radius 1 is 0.871 bits per heavy atom. The van der Waals surface area contributed by atoms with Gasteiger partial charge in [0.15, 0.2) is 0 Å². The van der Waals surface area contributed by atoms with E-state index in [1.807, 2.05) is 6.07 Å². The van der Waals surface area contributed by atoms with E-state index in [9.17, 15) is 4.79 Å². The summed E-state index contributed by atoms with van der Waals surface area (Å²) in [5, 5.41) is 3.25. The van der Waals surface area contributed by atoms with Gasteiger partial charge in [0, 0.05) is 38.4 Å². The molecule has 0 aromatic heterocycles. The number of carbonyl (C=O) groups is 1. The van der Waals surface area contributed by atoms with Gasteiger partial charge in [-0.05, 0) is 28.5 Å². The molecule has 166 valence electrons. The highest BCUT2D eigenvalue weighted by atomic mass is 16.2. The number of nitrogens with one attached hydrogen (secondary N) is 1. The van der Waals surface area contributed by atoms with Crippen LogP contribution < -0.4 is 5.32 Å². The van der Waals surface area contributed by atoms with Gasteiger partial charge < -0.3 is 5.32 Å². The maximum absolute atomic E-state index is 12.9. The van der Waals surface area contributed by atoms with Gasteiger partial charge in [0.1, 0.15) is 0 Å². The average molecular weight is 420 g/mol. The summed E-state index contributed by atoms with van der Waals surface area (Å²) >= 11 is 0. The first-order valence-corrected chi connectivity index (χ1v) is 11.5. The Morgan fingerprint density at radius 2 is 1.45 bits per heavy atom. The minimum absolute atomic E-state index is 0.0902. The molecule has 31 heavy (non-hydrogen) atoms. The fourth-order valence-corrected chi connectivity index (χ4v) is 4.11. The number of benzene rings is 2. The molecule has 1 aliphatic rings. The number of carbonyl (C=O) groups excluding carboxylic acids is 1. The van der Waals surface area contributed by atoms with Gasteiger partial charge in [-0.15, -0.1) is 0 Å². The van der Waals surface area contributed by atoms with E-state index in [-0.39, 0.29) is 5.91 Å². The fraction of sp³-hybridized carbons (Fsp3) is 0.444. The molecule has 1 heterocycles. The summed E-state index contributed by atoms with van der Waals surface area (Å²) in [6.07, 6.45) is 4.41. The Balaban J connectivity index is 1.50. The molecule has 0 aliphatic carbocycles. The molecule has 4 nitrogen and oxygen atoms in total. The molecule has 1 fully saturated rings. The monoisotopic (exact) mass is 419 g/mol. The summed E-state index contributed by atoms with van der Waals surface area (Å²) in [5.74, 6) is 0.843. The number of hydrogen-bond donors (Lipinski definition) is 1. The summed E-state index contributed by atoms with van der Waals surface area (Å²) in [4.78, 5) is 17.6. The second kappa shape index (κ2) is 11.3. The van der Waals surface area contributed by atoms with Gasteiger partial charge in [0.05, 0.1) is 6.54 Å². The lowest BCUT2D eigenvalue weighted by Gasteiger charge is -2.33. The number of para-hydroxylation sites is 1. The zero-order chi connectivity index (χ0) is 22.2. The number of anilines is 1. The third-order valence-electron chi connectivity index (χ3n) is 5.94. The van der Waals surface area contributed by atoms with Crippen LogP contribution in [-0.2, 0) is 4.79 Å². The van der Waals surface area contributed by atoms with Crippen molar-refractivity contribution >= 4 is 17.7 Å². The van der Waals surface area contributed by atoms with Crippen molar-refractivity contribution in [2.24, 2.45) is 0 Å². The van der Waals surface area contributed by atoms with Crippen LogP contribution in [-0.4, -0.2) is 55.0 Å². The van der Waals surface area contributed by atoms with E-state index in [2.05, 4.69) is 97.4 Å². The van der Waals surface area contributed by atoms with Crippen molar-refractivity contribution in [3.05, 3.63) is 71.3 Å². The highest BCUT2D eigenvalue weighted by molar-refractivity contribution is 5.94. The highest BCUT2D eigenvalue weighted by Crippen LogP contribution is 2.32. The standard InChI is InChI=1S/C27H37N3O/c1-21(2)24-13-8-14-25(22(3)4)27(24)28-26(31)20-30-18-16-29(17-19-30)15-9-12-23-10-6-5-7-11-23/h5-14,21-22H,15-20H2,1-4H3,(H,28,31)/b12-9+. The molecule has 0 bridgehead atoms. The molecule has 1 aliphatic heterocycles. The lowest BCUT2D eigenvalue weighted by atomic mass is 9.92. The Morgan fingerprint density at radius 3 is 2.03 bits per heavy atom. The topological polar surface area (TPSA) is 35.6 Å². The summed E-state index contributed by atoms with van der Waals surface area (Å²) in [7, 11) is 0. The third-order valence-corrected chi connectivity index (χ3v) is 5.94. The van der Waals surface area contributed by atoms with Crippen LogP contribution in [0.5, 0.6) is 0 Å². The quantitative estimate of drug-likeness (QED) is 0.638.